The molecule has 0 atom stereocenters. The number of carbonyl (C=O) groups excluding carboxylic acids is 3. The number of carbonyl (C=O) groups is 3. The second kappa shape index (κ2) is 8.85. The van der Waals surface area contributed by atoms with E-state index < -0.39 is 17.8 Å². The third kappa shape index (κ3) is 4.61. The third-order valence-corrected chi connectivity index (χ3v) is 5.06. The highest BCUT2D eigenvalue weighted by atomic mass is 35.5. The Hall–Kier alpha value is -3.23. The van der Waals surface area contributed by atoms with Gasteiger partial charge < -0.3 is 14.8 Å². The molecule has 0 aliphatic carbocycles. The SMILES string of the molecule is COC(=O)c1ccc(NC(=O)c2csc(-c3ccc(Cl)cc3)n2)cc1C(=O)OC. The van der Waals surface area contributed by atoms with Crippen molar-refractivity contribution < 1.29 is 23.9 Å². The molecule has 148 valence electrons. The van der Waals surface area contributed by atoms with Crippen LogP contribution in [0, 0.1) is 0 Å². The lowest BCUT2D eigenvalue weighted by Gasteiger charge is -2.09. The number of nitrogens with zero attached hydrogens (tertiary/aromatic N) is 1. The molecule has 0 spiro atoms. The molecule has 1 heterocycles. The number of hydrogen-bond donors (Lipinski definition) is 1. The van der Waals surface area contributed by atoms with Crippen molar-refractivity contribution in [2.24, 2.45) is 0 Å². The Bertz CT molecular complexity index is 1080. The van der Waals surface area contributed by atoms with Crippen LogP contribution in [0.15, 0.2) is 47.8 Å². The van der Waals surface area contributed by atoms with Crippen LogP contribution in [0.5, 0.6) is 0 Å². The Labute approximate surface area is 175 Å². The van der Waals surface area contributed by atoms with E-state index in [1.807, 2.05) is 12.1 Å². The van der Waals surface area contributed by atoms with Crippen molar-refractivity contribution >= 4 is 46.5 Å². The van der Waals surface area contributed by atoms with E-state index in [4.69, 9.17) is 16.3 Å². The molecule has 0 aliphatic rings. The van der Waals surface area contributed by atoms with Gasteiger partial charge in [-0.05, 0) is 30.3 Å². The van der Waals surface area contributed by atoms with Crippen molar-refractivity contribution in [3.8, 4) is 10.6 Å². The van der Waals surface area contributed by atoms with E-state index >= 15 is 0 Å². The van der Waals surface area contributed by atoms with E-state index in [1.165, 1.54) is 43.8 Å². The number of anilines is 1. The molecule has 3 aromatic rings. The molecule has 0 saturated heterocycles. The summed E-state index contributed by atoms with van der Waals surface area (Å²) in [7, 11) is 2.40. The van der Waals surface area contributed by atoms with Gasteiger partial charge in [-0.15, -0.1) is 11.3 Å². The van der Waals surface area contributed by atoms with Crippen LogP contribution in [-0.2, 0) is 9.47 Å². The minimum atomic E-state index is -0.722. The van der Waals surface area contributed by atoms with Crippen molar-refractivity contribution in [3.05, 3.63) is 69.7 Å². The van der Waals surface area contributed by atoms with Gasteiger partial charge in [0.1, 0.15) is 10.7 Å². The van der Waals surface area contributed by atoms with Crippen LogP contribution in [0.4, 0.5) is 5.69 Å². The zero-order valence-corrected chi connectivity index (χ0v) is 17.0. The second-order valence-electron chi connectivity index (χ2n) is 5.74. The number of benzene rings is 2. The Morgan fingerprint density at radius 3 is 2.28 bits per heavy atom. The van der Waals surface area contributed by atoms with E-state index in [1.54, 1.807) is 17.5 Å². The average Bonchev–Trinajstić information content (AvgIpc) is 3.23. The summed E-state index contributed by atoms with van der Waals surface area (Å²) in [6, 6.07) is 11.3. The highest BCUT2D eigenvalue weighted by molar-refractivity contribution is 7.13. The predicted octanol–water partition coefficient (Wildman–Crippen LogP) is 4.29. The van der Waals surface area contributed by atoms with Crippen LogP contribution in [0.3, 0.4) is 0 Å². The van der Waals surface area contributed by atoms with Crippen LogP contribution in [0.25, 0.3) is 10.6 Å². The molecule has 0 aliphatic heterocycles. The van der Waals surface area contributed by atoms with Crippen molar-refractivity contribution in [2.75, 3.05) is 19.5 Å². The average molecular weight is 431 g/mol. The molecule has 9 heteroatoms. The molecule has 1 amide bonds. The zero-order chi connectivity index (χ0) is 21.0. The summed E-state index contributed by atoms with van der Waals surface area (Å²) < 4.78 is 9.36. The molecule has 29 heavy (non-hydrogen) atoms. The zero-order valence-electron chi connectivity index (χ0n) is 15.4. The number of rotatable bonds is 5. The third-order valence-electron chi connectivity index (χ3n) is 3.92. The van der Waals surface area contributed by atoms with E-state index in [0.29, 0.717) is 15.7 Å². The van der Waals surface area contributed by atoms with Crippen LogP contribution in [0.2, 0.25) is 5.02 Å². The van der Waals surface area contributed by atoms with E-state index in [9.17, 15) is 14.4 Å². The fourth-order valence-corrected chi connectivity index (χ4v) is 3.42. The molecule has 0 fully saturated rings. The van der Waals surface area contributed by atoms with Gasteiger partial charge in [-0.3, -0.25) is 4.79 Å². The summed E-state index contributed by atoms with van der Waals surface area (Å²) in [5.41, 5.74) is 1.39. The summed E-state index contributed by atoms with van der Waals surface area (Å²) in [6.45, 7) is 0. The number of ether oxygens (including phenoxy) is 2. The van der Waals surface area contributed by atoms with Gasteiger partial charge >= 0.3 is 11.9 Å². The molecule has 0 unspecified atom stereocenters. The first kappa shape index (κ1) is 20.5. The lowest BCUT2D eigenvalue weighted by Crippen LogP contribution is -2.15. The number of esters is 2. The van der Waals surface area contributed by atoms with Crippen LogP contribution < -0.4 is 5.32 Å². The number of halogens is 1. The summed E-state index contributed by atoms with van der Waals surface area (Å²) >= 11 is 7.21. The number of nitrogens with one attached hydrogen (secondary N) is 1. The minimum Gasteiger partial charge on any atom is -0.465 e. The molecule has 0 radical (unpaired) electrons. The standard InChI is InChI=1S/C20H15ClN2O5S/c1-27-19(25)14-8-7-13(9-15(14)20(26)28-2)22-17(24)16-10-29-18(23-16)11-3-5-12(21)6-4-11/h3-10H,1-2H3,(H,22,24). The number of amides is 1. The number of aromatic nitrogens is 1. The lowest BCUT2D eigenvalue weighted by atomic mass is 10.1. The smallest absolute Gasteiger partial charge is 0.338 e. The monoisotopic (exact) mass is 430 g/mol. The number of hydrogen-bond acceptors (Lipinski definition) is 7. The van der Waals surface area contributed by atoms with Gasteiger partial charge in [-0.25, -0.2) is 14.6 Å². The van der Waals surface area contributed by atoms with Gasteiger partial charge in [0.15, 0.2) is 0 Å². The van der Waals surface area contributed by atoms with Crippen molar-refractivity contribution in [1.82, 2.24) is 4.98 Å². The summed E-state index contributed by atoms with van der Waals surface area (Å²) in [6.07, 6.45) is 0. The van der Waals surface area contributed by atoms with E-state index in [2.05, 4.69) is 15.0 Å². The number of thiazole rings is 1. The van der Waals surface area contributed by atoms with Crippen molar-refractivity contribution in [1.29, 1.82) is 0 Å². The summed E-state index contributed by atoms with van der Waals surface area (Å²) in [5.74, 6) is -1.86. The summed E-state index contributed by atoms with van der Waals surface area (Å²) in [5, 5.41) is 5.57. The maximum absolute atomic E-state index is 12.5. The van der Waals surface area contributed by atoms with Crippen LogP contribution >= 0.6 is 22.9 Å². The highest BCUT2D eigenvalue weighted by Gasteiger charge is 2.20. The highest BCUT2D eigenvalue weighted by Crippen LogP contribution is 2.26. The predicted molar refractivity (Wildman–Crippen MR) is 110 cm³/mol. The first-order valence-corrected chi connectivity index (χ1v) is 9.52. The minimum absolute atomic E-state index is 0.0164. The Kier molecular flexibility index (Phi) is 6.26. The lowest BCUT2D eigenvalue weighted by molar-refractivity contribution is 0.0555. The maximum Gasteiger partial charge on any atom is 0.338 e. The molecule has 7 nitrogen and oxygen atoms in total. The van der Waals surface area contributed by atoms with E-state index in [0.717, 1.165) is 5.56 Å². The quantitative estimate of drug-likeness (QED) is 0.607. The molecule has 0 bridgehead atoms. The number of methoxy groups -OCH3 is 2. The van der Waals surface area contributed by atoms with Crippen LogP contribution in [-0.4, -0.2) is 37.0 Å². The normalized spacial score (nSPS) is 10.3. The van der Waals surface area contributed by atoms with E-state index in [-0.39, 0.29) is 16.8 Å². The fourth-order valence-electron chi connectivity index (χ4n) is 2.49. The Morgan fingerprint density at radius 1 is 0.966 bits per heavy atom. The molecule has 3 rings (SSSR count). The fraction of sp³-hybridized carbons (Fsp3) is 0.100. The molecular weight excluding hydrogens is 416 g/mol. The van der Waals surface area contributed by atoms with Crippen LogP contribution in [0.1, 0.15) is 31.2 Å². The van der Waals surface area contributed by atoms with Gasteiger partial charge in [0.2, 0.25) is 0 Å². The molecule has 1 N–H and O–H groups in total. The van der Waals surface area contributed by atoms with Gasteiger partial charge in [0, 0.05) is 21.7 Å². The molecule has 1 aromatic heterocycles. The van der Waals surface area contributed by atoms with Crippen molar-refractivity contribution in [3.63, 3.8) is 0 Å². The Balaban J connectivity index is 1.83. The largest absolute Gasteiger partial charge is 0.465 e. The van der Waals surface area contributed by atoms with Gasteiger partial charge in [0.25, 0.3) is 5.91 Å². The van der Waals surface area contributed by atoms with Gasteiger partial charge in [-0.1, -0.05) is 23.7 Å². The topological polar surface area (TPSA) is 94.6 Å². The first-order chi connectivity index (χ1) is 13.9. The summed E-state index contributed by atoms with van der Waals surface area (Å²) in [4.78, 5) is 40.7. The van der Waals surface area contributed by atoms with Gasteiger partial charge in [-0.2, -0.15) is 0 Å². The Morgan fingerprint density at radius 2 is 1.62 bits per heavy atom. The molecular formula is C20H15ClN2O5S. The maximum atomic E-state index is 12.5. The van der Waals surface area contributed by atoms with Gasteiger partial charge in [0.05, 0.1) is 25.3 Å². The van der Waals surface area contributed by atoms with Crippen molar-refractivity contribution in [2.45, 2.75) is 0 Å². The second-order valence-corrected chi connectivity index (χ2v) is 7.04. The molecule has 0 saturated carbocycles. The molecule has 2 aromatic carbocycles. The first-order valence-electron chi connectivity index (χ1n) is 8.26.